The summed E-state index contributed by atoms with van der Waals surface area (Å²) in [7, 11) is 4.56. The van der Waals surface area contributed by atoms with Gasteiger partial charge in [-0.05, 0) is 31.5 Å². The Morgan fingerprint density at radius 3 is 2.28 bits per heavy atom. The van der Waals surface area contributed by atoms with E-state index in [2.05, 4.69) is 5.48 Å². The molecule has 0 amide bonds. The number of methoxy groups -OCH3 is 2. The maximum atomic E-state index is 14.2. The van der Waals surface area contributed by atoms with Crippen LogP contribution >= 0.6 is 0 Å². The van der Waals surface area contributed by atoms with Gasteiger partial charge >= 0.3 is 0 Å². The number of ether oxygens (including phenoxy) is 2. The van der Waals surface area contributed by atoms with Crippen LogP contribution in [0.25, 0.3) is 0 Å². The van der Waals surface area contributed by atoms with E-state index in [1.165, 1.54) is 35.2 Å². The molecule has 0 saturated heterocycles. The van der Waals surface area contributed by atoms with Crippen molar-refractivity contribution in [3.8, 4) is 11.5 Å². The first-order valence-corrected chi connectivity index (χ1v) is 5.64. The zero-order valence-electron chi connectivity index (χ0n) is 11.5. The lowest BCUT2D eigenvalue weighted by Crippen LogP contribution is -2.15. The van der Waals surface area contributed by atoms with Crippen LogP contribution in [0, 0.1) is 0 Å². The molecule has 5 heteroatoms. The standard InChI is InChI=1S/C13H20FNO3/c1-13(2,14)10-6-9(8-15-18-5)7-11(16-3)12(10)17-4/h6-7,15H,8H2,1-5H3. The molecule has 0 unspecified atom stereocenters. The van der Waals surface area contributed by atoms with E-state index in [1.807, 2.05) is 0 Å². The SMILES string of the molecule is CONCc1cc(OC)c(OC)c(C(C)(C)F)c1. The lowest BCUT2D eigenvalue weighted by atomic mass is 9.96. The molecule has 0 aromatic heterocycles. The van der Waals surface area contributed by atoms with Crippen LogP contribution in [-0.4, -0.2) is 21.3 Å². The summed E-state index contributed by atoms with van der Waals surface area (Å²) in [5, 5.41) is 0. The minimum absolute atomic E-state index is 0.422. The second kappa shape index (κ2) is 6.02. The van der Waals surface area contributed by atoms with E-state index in [4.69, 9.17) is 14.3 Å². The maximum absolute atomic E-state index is 14.2. The van der Waals surface area contributed by atoms with Gasteiger partial charge in [-0.2, -0.15) is 5.48 Å². The van der Waals surface area contributed by atoms with E-state index in [1.54, 1.807) is 12.1 Å². The Kier molecular flexibility index (Phi) is 4.93. The van der Waals surface area contributed by atoms with E-state index < -0.39 is 5.67 Å². The summed E-state index contributed by atoms with van der Waals surface area (Å²) in [5.41, 5.74) is 2.51. The Balaban J connectivity index is 3.27. The third kappa shape index (κ3) is 3.34. The summed E-state index contributed by atoms with van der Waals surface area (Å²) in [6, 6.07) is 3.54. The maximum Gasteiger partial charge on any atom is 0.167 e. The molecule has 0 aliphatic rings. The number of hydrogen-bond donors (Lipinski definition) is 1. The van der Waals surface area contributed by atoms with Gasteiger partial charge in [-0.15, -0.1) is 0 Å². The number of hydrogen-bond acceptors (Lipinski definition) is 4. The molecule has 0 bridgehead atoms. The van der Waals surface area contributed by atoms with Gasteiger partial charge in [0.2, 0.25) is 0 Å². The predicted octanol–water partition coefficient (Wildman–Crippen LogP) is 2.56. The summed E-state index contributed by atoms with van der Waals surface area (Å²) in [6.07, 6.45) is 0. The molecule has 1 rings (SSSR count). The summed E-state index contributed by atoms with van der Waals surface area (Å²) in [4.78, 5) is 4.79. The topological polar surface area (TPSA) is 39.7 Å². The van der Waals surface area contributed by atoms with Crippen molar-refractivity contribution >= 4 is 0 Å². The van der Waals surface area contributed by atoms with Crippen LogP contribution in [0.1, 0.15) is 25.0 Å². The van der Waals surface area contributed by atoms with Gasteiger partial charge in [0, 0.05) is 12.1 Å². The van der Waals surface area contributed by atoms with Crippen molar-refractivity contribution in [2.75, 3.05) is 21.3 Å². The Labute approximate surface area is 107 Å². The minimum atomic E-state index is -1.51. The van der Waals surface area contributed by atoms with Crippen LogP contribution in [0.5, 0.6) is 11.5 Å². The third-order valence-corrected chi connectivity index (χ3v) is 2.60. The number of rotatable bonds is 6. The lowest BCUT2D eigenvalue weighted by Gasteiger charge is -2.21. The van der Waals surface area contributed by atoms with E-state index in [0.29, 0.717) is 23.6 Å². The Hall–Kier alpha value is -1.33. The summed E-state index contributed by atoms with van der Waals surface area (Å²) in [5.74, 6) is 0.930. The molecule has 0 spiro atoms. The van der Waals surface area contributed by atoms with Crippen molar-refractivity contribution in [2.24, 2.45) is 0 Å². The number of nitrogens with one attached hydrogen (secondary N) is 1. The zero-order chi connectivity index (χ0) is 13.8. The average Bonchev–Trinajstić information content (AvgIpc) is 2.33. The zero-order valence-corrected chi connectivity index (χ0v) is 11.5. The Morgan fingerprint density at radius 1 is 1.17 bits per heavy atom. The van der Waals surface area contributed by atoms with Crippen LogP contribution < -0.4 is 15.0 Å². The smallest absolute Gasteiger partial charge is 0.167 e. The van der Waals surface area contributed by atoms with Gasteiger partial charge in [-0.3, -0.25) is 0 Å². The van der Waals surface area contributed by atoms with Gasteiger partial charge < -0.3 is 14.3 Å². The second-order valence-electron chi connectivity index (χ2n) is 4.38. The highest BCUT2D eigenvalue weighted by Crippen LogP contribution is 2.40. The molecule has 0 saturated carbocycles. The van der Waals surface area contributed by atoms with Gasteiger partial charge in [-0.25, -0.2) is 4.39 Å². The van der Waals surface area contributed by atoms with Gasteiger partial charge in [0.15, 0.2) is 11.5 Å². The predicted molar refractivity (Wildman–Crippen MR) is 67.5 cm³/mol. The lowest BCUT2D eigenvalue weighted by molar-refractivity contribution is 0.0865. The van der Waals surface area contributed by atoms with Crippen molar-refractivity contribution in [1.29, 1.82) is 0 Å². The summed E-state index contributed by atoms with van der Waals surface area (Å²) < 4.78 is 24.7. The van der Waals surface area contributed by atoms with Gasteiger partial charge in [0.1, 0.15) is 5.67 Å². The van der Waals surface area contributed by atoms with Gasteiger partial charge in [0.25, 0.3) is 0 Å². The fraction of sp³-hybridized carbons (Fsp3) is 0.538. The first kappa shape index (κ1) is 14.7. The van der Waals surface area contributed by atoms with Crippen molar-refractivity contribution < 1.29 is 18.7 Å². The molecule has 0 aliphatic carbocycles. The largest absolute Gasteiger partial charge is 0.493 e. The van der Waals surface area contributed by atoms with E-state index in [-0.39, 0.29) is 0 Å². The fourth-order valence-electron chi connectivity index (χ4n) is 1.72. The van der Waals surface area contributed by atoms with Crippen LogP contribution in [0.2, 0.25) is 0 Å². The number of hydroxylamine groups is 1. The van der Waals surface area contributed by atoms with Crippen LogP contribution in [0.3, 0.4) is 0 Å². The number of halogens is 1. The Bertz CT molecular complexity index is 402. The molecule has 0 fully saturated rings. The third-order valence-electron chi connectivity index (χ3n) is 2.60. The van der Waals surface area contributed by atoms with Crippen molar-refractivity contribution in [3.63, 3.8) is 0 Å². The van der Waals surface area contributed by atoms with Crippen LogP contribution in [-0.2, 0) is 17.1 Å². The molecule has 18 heavy (non-hydrogen) atoms. The molecular formula is C13H20FNO3. The highest BCUT2D eigenvalue weighted by Gasteiger charge is 2.26. The van der Waals surface area contributed by atoms with E-state index in [0.717, 1.165) is 5.56 Å². The number of alkyl halides is 1. The first-order chi connectivity index (χ1) is 8.43. The summed E-state index contributed by atoms with van der Waals surface area (Å²) >= 11 is 0. The highest BCUT2D eigenvalue weighted by molar-refractivity contribution is 5.51. The average molecular weight is 257 g/mol. The second-order valence-corrected chi connectivity index (χ2v) is 4.38. The highest BCUT2D eigenvalue weighted by atomic mass is 19.1. The Morgan fingerprint density at radius 2 is 1.83 bits per heavy atom. The number of benzene rings is 1. The molecule has 102 valence electrons. The van der Waals surface area contributed by atoms with Crippen LogP contribution in [0.4, 0.5) is 4.39 Å². The molecule has 0 atom stereocenters. The quantitative estimate of drug-likeness (QED) is 0.795. The molecule has 0 aliphatic heterocycles. The van der Waals surface area contributed by atoms with Gasteiger partial charge in [0.05, 0.1) is 21.3 Å². The van der Waals surface area contributed by atoms with E-state index >= 15 is 0 Å². The van der Waals surface area contributed by atoms with Gasteiger partial charge in [-0.1, -0.05) is 0 Å². The van der Waals surface area contributed by atoms with Crippen molar-refractivity contribution in [3.05, 3.63) is 23.3 Å². The first-order valence-electron chi connectivity index (χ1n) is 5.64. The molecular weight excluding hydrogens is 237 g/mol. The molecule has 1 aromatic rings. The van der Waals surface area contributed by atoms with Crippen molar-refractivity contribution in [2.45, 2.75) is 26.1 Å². The van der Waals surface area contributed by atoms with Crippen molar-refractivity contribution in [1.82, 2.24) is 5.48 Å². The van der Waals surface area contributed by atoms with E-state index in [9.17, 15) is 4.39 Å². The normalized spacial score (nSPS) is 11.4. The molecule has 0 radical (unpaired) electrons. The van der Waals surface area contributed by atoms with Crippen LogP contribution in [0.15, 0.2) is 12.1 Å². The minimum Gasteiger partial charge on any atom is -0.493 e. The monoisotopic (exact) mass is 257 g/mol. The fourth-order valence-corrected chi connectivity index (χ4v) is 1.72. The molecule has 1 N–H and O–H groups in total. The molecule has 4 nitrogen and oxygen atoms in total. The molecule has 0 heterocycles. The summed E-state index contributed by atoms with van der Waals surface area (Å²) in [6.45, 7) is 3.43. The molecule has 1 aromatic carbocycles.